The van der Waals surface area contributed by atoms with Crippen molar-refractivity contribution >= 4 is 34.9 Å². The Morgan fingerprint density at radius 2 is 2.45 bits per heavy atom. The second kappa shape index (κ2) is 7.08. The predicted octanol–water partition coefficient (Wildman–Crippen LogP) is 1.42. The molecule has 5 nitrogen and oxygen atoms in total. The minimum absolute atomic E-state index is 0.0350. The number of carbonyl (C=O) groups excluding carboxylic acids is 2. The van der Waals surface area contributed by atoms with Crippen LogP contribution < -0.4 is 5.32 Å². The van der Waals surface area contributed by atoms with Crippen LogP contribution in [0.1, 0.15) is 24.0 Å². The number of aryl methyl sites for hydroxylation is 1. The van der Waals surface area contributed by atoms with Crippen molar-refractivity contribution in [2.75, 3.05) is 18.8 Å². The summed E-state index contributed by atoms with van der Waals surface area (Å²) in [5.41, 5.74) is 1.02. The molecule has 2 heterocycles. The Kier molecular flexibility index (Phi) is 5.42. The summed E-state index contributed by atoms with van der Waals surface area (Å²) in [6, 6.07) is -0.307. The lowest BCUT2D eigenvalue weighted by atomic mass is 10.1. The van der Waals surface area contributed by atoms with Gasteiger partial charge in [0.1, 0.15) is 6.04 Å². The van der Waals surface area contributed by atoms with Gasteiger partial charge in [-0.3, -0.25) is 9.59 Å². The molecule has 1 aliphatic heterocycles. The summed E-state index contributed by atoms with van der Waals surface area (Å²) in [5, 5.41) is 5.88. The van der Waals surface area contributed by atoms with Crippen LogP contribution >= 0.6 is 23.1 Å². The number of carbonyl (C=O) groups is 2. The highest BCUT2D eigenvalue weighted by molar-refractivity contribution is 7.99. The summed E-state index contributed by atoms with van der Waals surface area (Å²) in [4.78, 5) is 30.0. The molecule has 0 aliphatic carbocycles. The van der Waals surface area contributed by atoms with E-state index in [1.54, 1.807) is 28.0 Å². The van der Waals surface area contributed by atoms with Gasteiger partial charge < -0.3 is 10.2 Å². The van der Waals surface area contributed by atoms with Crippen LogP contribution in [0, 0.1) is 6.92 Å². The molecule has 1 N–H and O–H groups in total. The van der Waals surface area contributed by atoms with E-state index in [1.165, 1.54) is 0 Å². The molecule has 1 aliphatic rings. The van der Waals surface area contributed by atoms with E-state index in [0.717, 1.165) is 16.5 Å². The van der Waals surface area contributed by atoms with Crippen molar-refractivity contribution in [2.45, 2.75) is 32.1 Å². The van der Waals surface area contributed by atoms with E-state index in [1.807, 2.05) is 19.2 Å². The molecule has 7 heteroatoms. The van der Waals surface area contributed by atoms with Gasteiger partial charge in [0, 0.05) is 24.2 Å². The van der Waals surface area contributed by atoms with Crippen LogP contribution in [-0.2, 0) is 15.3 Å². The maximum Gasteiger partial charge on any atom is 0.242 e. The molecular weight excluding hydrogens is 294 g/mol. The van der Waals surface area contributed by atoms with E-state index in [0.29, 0.717) is 25.3 Å². The summed E-state index contributed by atoms with van der Waals surface area (Å²) in [6.07, 6.45) is 0.660. The molecule has 2 rings (SSSR count). The number of thioether (sulfide) groups is 1. The average Bonchev–Trinajstić information content (AvgIpc) is 2.84. The van der Waals surface area contributed by atoms with Crippen molar-refractivity contribution in [2.24, 2.45) is 0 Å². The first kappa shape index (κ1) is 15.3. The minimum atomic E-state index is -0.307. The fraction of sp³-hybridized carbons (Fsp3) is 0.615. The van der Waals surface area contributed by atoms with Gasteiger partial charge >= 0.3 is 0 Å². The number of hydrogen-bond donors (Lipinski definition) is 1. The average molecular weight is 313 g/mol. The van der Waals surface area contributed by atoms with E-state index in [-0.39, 0.29) is 17.9 Å². The third-order valence-electron chi connectivity index (χ3n) is 3.18. The second-order valence-corrected chi connectivity index (χ2v) is 6.70. The normalized spacial score (nSPS) is 19.0. The molecule has 1 saturated heterocycles. The highest BCUT2D eigenvalue weighted by atomic mass is 32.2. The molecule has 1 atom stereocenters. The van der Waals surface area contributed by atoms with Gasteiger partial charge in [0.15, 0.2) is 0 Å². The van der Waals surface area contributed by atoms with Gasteiger partial charge in [0.05, 0.1) is 16.5 Å². The van der Waals surface area contributed by atoms with Crippen molar-refractivity contribution in [1.82, 2.24) is 15.2 Å². The Bertz CT molecular complexity index is 490. The van der Waals surface area contributed by atoms with Crippen molar-refractivity contribution in [3.05, 3.63) is 16.1 Å². The Morgan fingerprint density at radius 3 is 3.10 bits per heavy atom. The van der Waals surface area contributed by atoms with Crippen molar-refractivity contribution in [3.8, 4) is 0 Å². The molecule has 0 spiro atoms. The van der Waals surface area contributed by atoms with E-state index < -0.39 is 0 Å². The predicted molar refractivity (Wildman–Crippen MR) is 81.8 cm³/mol. The lowest BCUT2D eigenvalue weighted by Crippen LogP contribution is -2.57. The van der Waals surface area contributed by atoms with Crippen LogP contribution in [-0.4, -0.2) is 46.6 Å². The van der Waals surface area contributed by atoms with Gasteiger partial charge in [0.2, 0.25) is 11.8 Å². The van der Waals surface area contributed by atoms with Crippen LogP contribution in [0.3, 0.4) is 0 Å². The highest BCUT2D eigenvalue weighted by Crippen LogP contribution is 2.17. The molecule has 0 saturated carbocycles. The number of hydrogen-bond acceptors (Lipinski definition) is 5. The maximum absolute atomic E-state index is 12.2. The number of thiazole rings is 1. The van der Waals surface area contributed by atoms with Gasteiger partial charge in [-0.15, -0.1) is 23.1 Å². The van der Waals surface area contributed by atoms with Gasteiger partial charge in [-0.1, -0.05) is 6.92 Å². The zero-order valence-corrected chi connectivity index (χ0v) is 13.4. The third-order valence-corrected chi connectivity index (χ3v) is 4.95. The largest absolute Gasteiger partial charge is 0.353 e. The smallest absolute Gasteiger partial charge is 0.242 e. The Labute approximate surface area is 127 Å². The Morgan fingerprint density at radius 1 is 1.65 bits per heavy atom. The maximum atomic E-state index is 12.2. The van der Waals surface area contributed by atoms with Gasteiger partial charge in [-0.25, -0.2) is 4.98 Å². The third kappa shape index (κ3) is 3.73. The quantitative estimate of drug-likeness (QED) is 0.893. The molecule has 1 aromatic rings. The Hall–Kier alpha value is -1.08. The van der Waals surface area contributed by atoms with Crippen LogP contribution in [0.15, 0.2) is 5.38 Å². The second-order valence-electron chi connectivity index (χ2n) is 4.65. The topological polar surface area (TPSA) is 62.3 Å². The van der Waals surface area contributed by atoms with E-state index >= 15 is 0 Å². The van der Waals surface area contributed by atoms with Crippen LogP contribution in [0.25, 0.3) is 0 Å². The summed E-state index contributed by atoms with van der Waals surface area (Å²) in [5.74, 6) is 1.16. The fourth-order valence-electron chi connectivity index (χ4n) is 2.22. The molecule has 1 unspecified atom stereocenters. The molecule has 2 amide bonds. The number of nitrogens with one attached hydrogen (secondary N) is 1. The number of piperazine rings is 1. The molecule has 110 valence electrons. The molecule has 1 fully saturated rings. The summed E-state index contributed by atoms with van der Waals surface area (Å²) >= 11 is 3.18. The fourth-order valence-corrected chi connectivity index (χ4v) is 3.74. The number of nitrogens with zero attached hydrogens (tertiary/aromatic N) is 2. The highest BCUT2D eigenvalue weighted by Gasteiger charge is 2.31. The number of amides is 2. The number of aromatic nitrogens is 1. The first-order chi connectivity index (χ1) is 9.61. The zero-order valence-electron chi connectivity index (χ0n) is 11.7. The zero-order chi connectivity index (χ0) is 14.5. The van der Waals surface area contributed by atoms with Gasteiger partial charge in [-0.05, 0) is 13.3 Å². The van der Waals surface area contributed by atoms with Crippen LogP contribution in [0.2, 0.25) is 0 Å². The lowest BCUT2D eigenvalue weighted by Gasteiger charge is -2.34. The molecule has 20 heavy (non-hydrogen) atoms. The van der Waals surface area contributed by atoms with Gasteiger partial charge in [-0.2, -0.15) is 0 Å². The molecule has 1 aromatic heterocycles. The SMILES string of the molecule is CCC1C(=O)NCCN1C(=O)CSCc1csc(C)n1. The molecular formula is C13H19N3O2S2. The lowest BCUT2D eigenvalue weighted by molar-refractivity contribution is -0.141. The summed E-state index contributed by atoms with van der Waals surface area (Å²) in [6.45, 7) is 5.07. The first-order valence-electron chi connectivity index (χ1n) is 6.67. The number of rotatable bonds is 5. The van der Waals surface area contributed by atoms with E-state index in [9.17, 15) is 9.59 Å². The molecule has 0 radical (unpaired) electrons. The Balaban J connectivity index is 1.83. The summed E-state index contributed by atoms with van der Waals surface area (Å²) in [7, 11) is 0. The summed E-state index contributed by atoms with van der Waals surface area (Å²) < 4.78 is 0. The van der Waals surface area contributed by atoms with Crippen molar-refractivity contribution < 1.29 is 9.59 Å². The van der Waals surface area contributed by atoms with E-state index in [4.69, 9.17) is 0 Å². The van der Waals surface area contributed by atoms with Crippen LogP contribution in [0.5, 0.6) is 0 Å². The standard InChI is InChI=1S/C13H19N3O2S2/c1-3-11-13(18)14-4-5-16(11)12(17)8-19-6-10-7-20-9(2)15-10/h7,11H,3-6,8H2,1-2H3,(H,14,18). The first-order valence-corrected chi connectivity index (χ1v) is 8.71. The van der Waals surface area contributed by atoms with Crippen LogP contribution in [0.4, 0.5) is 0 Å². The van der Waals surface area contributed by atoms with E-state index in [2.05, 4.69) is 10.3 Å². The van der Waals surface area contributed by atoms with Crippen molar-refractivity contribution in [3.63, 3.8) is 0 Å². The minimum Gasteiger partial charge on any atom is -0.353 e. The molecule has 0 bridgehead atoms. The van der Waals surface area contributed by atoms with Gasteiger partial charge in [0.25, 0.3) is 0 Å². The van der Waals surface area contributed by atoms with Crippen molar-refractivity contribution in [1.29, 1.82) is 0 Å². The molecule has 0 aromatic carbocycles. The monoisotopic (exact) mass is 313 g/mol.